The van der Waals surface area contributed by atoms with Gasteiger partial charge in [-0.25, -0.2) is 0 Å². The lowest BCUT2D eigenvalue weighted by atomic mass is 9.98. The van der Waals surface area contributed by atoms with Gasteiger partial charge in [0.15, 0.2) is 11.8 Å². The summed E-state index contributed by atoms with van der Waals surface area (Å²) in [5.41, 5.74) is -0.273. The number of hydrogen-bond acceptors (Lipinski definition) is 10. The summed E-state index contributed by atoms with van der Waals surface area (Å²) in [5, 5.41) is 8.63. The van der Waals surface area contributed by atoms with Gasteiger partial charge < -0.3 is 27.9 Å². The average Bonchev–Trinajstić information content (AvgIpc) is 3.89. The normalized spacial score (nSPS) is 15.2. The maximum absolute atomic E-state index is 12.8. The summed E-state index contributed by atoms with van der Waals surface area (Å²) >= 11 is 0. The molecule has 0 fully saturated rings. The Hall–Kier alpha value is -1.39. The van der Waals surface area contributed by atoms with Crippen LogP contribution in [0.5, 0.6) is 0 Å². The molecule has 0 spiro atoms. The van der Waals surface area contributed by atoms with Crippen LogP contribution in [-0.2, 0) is 32.7 Å². The first-order chi connectivity index (χ1) is 25.9. The van der Waals surface area contributed by atoms with Gasteiger partial charge in [-0.1, -0.05) is 149 Å². The minimum atomic E-state index is -4.64. The predicted octanol–water partition coefficient (Wildman–Crippen LogP) is 11.2. The van der Waals surface area contributed by atoms with Crippen molar-refractivity contribution in [3.63, 3.8) is 0 Å². The van der Waals surface area contributed by atoms with Gasteiger partial charge in [0, 0.05) is 12.8 Å². The van der Waals surface area contributed by atoms with E-state index in [9.17, 15) is 19.0 Å². The third kappa shape index (κ3) is 31.8. The van der Waals surface area contributed by atoms with Gasteiger partial charge in [0.1, 0.15) is 19.8 Å². The lowest BCUT2D eigenvalue weighted by Crippen LogP contribution is -2.37. The van der Waals surface area contributed by atoms with Gasteiger partial charge >= 0.3 is 11.9 Å². The number of carbonyl (C=O) groups is 2. The first-order valence-corrected chi connectivity index (χ1v) is 23.6. The van der Waals surface area contributed by atoms with Gasteiger partial charge in [-0.2, -0.15) is 10.2 Å². The molecule has 0 bridgehead atoms. The van der Waals surface area contributed by atoms with Crippen LogP contribution in [0.25, 0.3) is 0 Å². The fraction of sp³-hybridized carbons (Fsp3) is 0.952. The van der Waals surface area contributed by atoms with Crippen LogP contribution in [0.15, 0.2) is 10.2 Å². The SMILES string of the molecule is CCCCCCCCCCCCCCCCCC(=O)OCC(COP(=O)([O-])OCC[N+](C)(C)C)OC(=O)CCCCC1(CCCCCCCCCC)N=N1. The van der Waals surface area contributed by atoms with Crippen molar-refractivity contribution in [2.45, 2.75) is 212 Å². The zero-order valence-corrected chi connectivity index (χ0v) is 36.4. The second kappa shape index (κ2) is 31.7. The summed E-state index contributed by atoms with van der Waals surface area (Å²) in [7, 11) is 1.13. The van der Waals surface area contributed by atoms with Crippen LogP contribution in [0.1, 0.15) is 200 Å². The van der Waals surface area contributed by atoms with E-state index in [1.54, 1.807) is 0 Å². The van der Waals surface area contributed by atoms with Crippen LogP contribution < -0.4 is 4.89 Å². The number of ether oxygens (including phenoxy) is 2. The Bertz CT molecular complexity index is 1020. The number of rotatable bonds is 40. The van der Waals surface area contributed by atoms with Crippen molar-refractivity contribution in [1.82, 2.24) is 0 Å². The first-order valence-electron chi connectivity index (χ1n) is 22.1. The molecule has 0 aromatic rings. The molecule has 0 N–H and O–H groups in total. The monoisotopic (exact) mass is 788 g/mol. The van der Waals surface area contributed by atoms with Crippen molar-refractivity contribution in [1.29, 1.82) is 0 Å². The number of phosphoric acid groups is 1. The second-order valence-electron chi connectivity index (χ2n) is 16.7. The molecule has 318 valence electrons. The highest BCUT2D eigenvalue weighted by Crippen LogP contribution is 2.39. The lowest BCUT2D eigenvalue weighted by Gasteiger charge is -2.28. The molecule has 0 saturated heterocycles. The molecule has 2 unspecified atom stereocenters. The molecule has 54 heavy (non-hydrogen) atoms. The van der Waals surface area contributed by atoms with Gasteiger partial charge in [-0.05, 0) is 38.5 Å². The van der Waals surface area contributed by atoms with Crippen LogP contribution in [0, 0.1) is 0 Å². The van der Waals surface area contributed by atoms with Crippen LogP contribution in [0.4, 0.5) is 0 Å². The number of unbranched alkanes of at least 4 members (excludes halogenated alkanes) is 22. The molecule has 1 rings (SSSR count). The largest absolute Gasteiger partial charge is 0.756 e. The van der Waals surface area contributed by atoms with E-state index in [0.29, 0.717) is 17.4 Å². The highest BCUT2D eigenvalue weighted by Gasteiger charge is 2.38. The highest BCUT2D eigenvalue weighted by molar-refractivity contribution is 7.45. The number of likely N-dealkylation sites (N-methyl/N-ethyl adjacent to an activating group) is 1. The number of phosphoric ester groups is 1. The van der Waals surface area contributed by atoms with Crippen LogP contribution in [0.3, 0.4) is 0 Å². The minimum absolute atomic E-state index is 0.0396. The first kappa shape index (κ1) is 50.6. The smallest absolute Gasteiger partial charge is 0.306 e. The summed E-state index contributed by atoms with van der Waals surface area (Å²) in [6.45, 7) is 4.16. The average molecular weight is 788 g/mol. The maximum Gasteiger partial charge on any atom is 0.306 e. The fourth-order valence-electron chi connectivity index (χ4n) is 6.51. The Balaban J connectivity index is 2.33. The number of esters is 2. The van der Waals surface area contributed by atoms with Gasteiger partial charge in [0.25, 0.3) is 7.82 Å². The van der Waals surface area contributed by atoms with Gasteiger partial charge in [0.2, 0.25) is 0 Å². The molecule has 0 aromatic carbocycles. The van der Waals surface area contributed by atoms with Crippen molar-refractivity contribution < 1.29 is 42.1 Å². The number of hydrogen-bond donors (Lipinski definition) is 0. The minimum Gasteiger partial charge on any atom is -0.756 e. The van der Waals surface area contributed by atoms with Crippen LogP contribution in [-0.4, -0.2) is 75.7 Å². The van der Waals surface area contributed by atoms with Crippen LogP contribution in [0.2, 0.25) is 0 Å². The molecule has 0 aliphatic carbocycles. The van der Waals surface area contributed by atoms with Crippen molar-refractivity contribution in [2.75, 3.05) is 47.5 Å². The predicted molar refractivity (Wildman–Crippen MR) is 216 cm³/mol. The molecule has 1 aliphatic rings. The Kier molecular flexibility index (Phi) is 29.7. The van der Waals surface area contributed by atoms with Crippen molar-refractivity contribution >= 4 is 19.8 Å². The third-order valence-corrected chi connectivity index (χ3v) is 11.1. The van der Waals surface area contributed by atoms with E-state index >= 15 is 0 Å². The molecule has 12 heteroatoms. The van der Waals surface area contributed by atoms with Gasteiger partial charge in [0.05, 0.1) is 27.7 Å². The molecular weight excluding hydrogens is 705 g/mol. The number of carbonyl (C=O) groups excluding carboxylic acids is 2. The quantitative estimate of drug-likeness (QED) is 0.0259. The van der Waals surface area contributed by atoms with E-state index in [2.05, 4.69) is 24.1 Å². The molecule has 2 atom stereocenters. The number of quaternary nitrogens is 1. The molecule has 0 saturated carbocycles. The Morgan fingerprint density at radius 2 is 1.00 bits per heavy atom. The summed E-state index contributed by atoms with van der Waals surface area (Å²) < 4.78 is 34.0. The number of nitrogens with zero attached hydrogens (tertiary/aromatic N) is 3. The fourth-order valence-corrected chi connectivity index (χ4v) is 7.24. The van der Waals surface area contributed by atoms with E-state index < -0.39 is 32.5 Å². The van der Waals surface area contributed by atoms with E-state index in [-0.39, 0.29) is 31.7 Å². The Morgan fingerprint density at radius 3 is 1.46 bits per heavy atom. The molecule has 1 aliphatic heterocycles. The van der Waals surface area contributed by atoms with E-state index in [4.69, 9.17) is 18.5 Å². The zero-order valence-electron chi connectivity index (χ0n) is 35.5. The zero-order chi connectivity index (χ0) is 39.8. The molecule has 11 nitrogen and oxygen atoms in total. The molecule has 0 amide bonds. The lowest BCUT2D eigenvalue weighted by molar-refractivity contribution is -0.870. The molecule has 0 aromatic heterocycles. The summed E-state index contributed by atoms with van der Waals surface area (Å²) in [6, 6.07) is 0. The van der Waals surface area contributed by atoms with Crippen molar-refractivity contribution in [3.05, 3.63) is 0 Å². The summed E-state index contributed by atoms with van der Waals surface area (Å²) in [5.74, 6) is -0.885. The van der Waals surface area contributed by atoms with Crippen LogP contribution >= 0.6 is 7.82 Å². The molecular formula is C42H82N3O8P. The van der Waals surface area contributed by atoms with E-state index in [1.165, 1.54) is 122 Å². The maximum atomic E-state index is 12.8. The molecule has 0 radical (unpaired) electrons. The molecule has 1 heterocycles. The van der Waals surface area contributed by atoms with E-state index in [1.807, 2.05) is 21.1 Å². The summed E-state index contributed by atoms with van der Waals surface area (Å²) in [6.07, 6.45) is 31.3. The second-order valence-corrected chi connectivity index (χ2v) is 18.1. The van der Waals surface area contributed by atoms with Gasteiger partial charge in [-0.15, -0.1) is 0 Å². The van der Waals surface area contributed by atoms with Crippen molar-refractivity contribution in [2.24, 2.45) is 10.2 Å². The Morgan fingerprint density at radius 1 is 0.593 bits per heavy atom. The summed E-state index contributed by atoms with van der Waals surface area (Å²) in [4.78, 5) is 37.7. The standard InChI is InChI=1S/C42H82N3O8P/c1-6-8-10-12-14-16-17-18-19-20-21-22-23-25-27-31-40(46)50-37-39(38-52-54(48,49)51-36-35-45(3,4)5)53-41(47)32-28-30-34-42(43-44-42)33-29-26-24-15-13-11-9-7-2/h39H,6-38H2,1-5H3. The topological polar surface area (TPSA) is 136 Å². The highest BCUT2D eigenvalue weighted by atomic mass is 31.2. The van der Waals surface area contributed by atoms with Crippen molar-refractivity contribution in [3.8, 4) is 0 Å². The van der Waals surface area contributed by atoms with Gasteiger partial charge in [-0.3, -0.25) is 14.2 Å². The Labute approximate surface area is 330 Å². The van der Waals surface area contributed by atoms with E-state index in [0.717, 1.165) is 44.9 Å². The third-order valence-electron chi connectivity index (χ3n) is 10.2.